The molecular formula is C8H13BrN2OS. The molecule has 0 saturated heterocycles. The molecule has 74 valence electrons. The minimum absolute atomic E-state index is 0. The first-order valence-corrected chi connectivity index (χ1v) is 4.86. The second-order valence-electron chi connectivity index (χ2n) is 2.57. The second kappa shape index (κ2) is 6.21. The number of imidazole rings is 1. The molecule has 0 aliphatic carbocycles. The van der Waals surface area contributed by atoms with Gasteiger partial charge >= 0.3 is 0 Å². The summed E-state index contributed by atoms with van der Waals surface area (Å²) in [4.78, 5) is 10.7. The lowest BCUT2D eigenvalue weighted by Crippen LogP contribution is -3.00. The smallest absolute Gasteiger partial charge is 0.255 e. The van der Waals surface area contributed by atoms with Gasteiger partial charge < -0.3 is 17.0 Å². The van der Waals surface area contributed by atoms with Crippen molar-refractivity contribution in [1.29, 1.82) is 0 Å². The second-order valence-corrected chi connectivity index (χ2v) is 3.82. The monoisotopic (exact) mass is 264 g/mol. The molecule has 0 bridgehead atoms. The number of nitrogens with zero attached hydrogens (tertiary/aromatic N) is 2. The van der Waals surface area contributed by atoms with Gasteiger partial charge in [0.1, 0.15) is 18.9 Å². The van der Waals surface area contributed by atoms with Crippen LogP contribution >= 0.6 is 11.9 Å². The topological polar surface area (TPSA) is 25.9 Å². The van der Waals surface area contributed by atoms with Gasteiger partial charge in [0, 0.05) is 5.75 Å². The van der Waals surface area contributed by atoms with Crippen molar-refractivity contribution in [3.63, 3.8) is 0 Å². The fourth-order valence-corrected chi connectivity index (χ4v) is 1.58. The number of carbonyl (C=O) groups excluding carboxylic acids is 1. The predicted molar refractivity (Wildman–Crippen MR) is 48.8 cm³/mol. The Labute approximate surface area is 93.0 Å². The van der Waals surface area contributed by atoms with E-state index in [9.17, 15) is 4.79 Å². The molecule has 13 heavy (non-hydrogen) atoms. The summed E-state index contributed by atoms with van der Waals surface area (Å²) in [5.74, 6) is 1.22. The van der Waals surface area contributed by atoms with Crippen molar-refractivity contribution in [1.82, 2.24) is 3.97 Å². The summed E-state index contributed by atoms with van der Waals surface area (Å²) in [5.41, 5.74) is 0. The Balaban J connectivity index is 0.00000144. The minimum atomic E-state index is 0. The number of hydrogen-bond acceptors (Lipinski definition) is 2. The molecule has 1 aromatic rings. The number of rotatable bonds is 4. The fraction of sp³-hybridized carbons (Fsp3) is 0.500. The maximum Gasteiger partial charge on any atom is 0.255 e. The van der Waals surface area contributed by atoms with Crippen molar-refractivity contribution < 1.29 is 26.3 Å². The molecule has 0 fully saturated rings. The summed E-state index contributed by atoms with van der Waals surface area (Å²) in [6, 6.07) is 0. The van der Waals surface area contributed by atoms with Crippen LogP contribution in [0.2, 0.25) is 0 Å². The molecule has 5 heteroatoms. The van der Waals surface area contributed by atoms with Crippen molar-refractivity contribution in [3.05, 3.63) is 18.7 Å². The third-order valence-electron chi connectivity index (χ3n) is 1.35. The van der Waals surface area contributed by atoms with Gasteiger partial charge in [-0.05, 0) is 6.92 Å². The molecule has 0 unspecified atom stereocenters. The predicted octanol–water partition coefficient (Wildman–Crippen LogP) is -2.12. The van der Waals surface area contributed by atoms with Crippen molar-refractivity contribution in [2.75, 3.05) is 5.75 Å². The van der Waals surface area contributed by atoms with E-state index in [0.29, 0.717) is 6.54 Å². The third-order valence-corrected chi connectivity index (χ3v) is 2.12. The quantitative estimate of drug-likeness (QED) is 0.582. The van der Waals surface area contributed by atoms with E-state index in [1.807, 2.05) is 27.3 Å². The summed E-state index contributed by atoms with van der Waals surface area (Å²) in [5, 5.41) is 0. The van der Waals surface area contributed by atoms with Gasteiger partial charge in [-0.3, -0.25) is 4.79 Å². The van der Waals surface area contributed by atoms with Crippen LogP contribution in [0.15, 0.2) is 18.7 Å². The van der Waals surface area contributed by atoms with Gasteiger partial charge in [-0.1, -0.05) is 6.92 Å². The van der Waals surface area contributed by atoms with Gasteiger partial charge in [-0.25, -0.2) is 4.57 Å². The van der Waals surface area contributed by atoms with Gasteiger partial charge in [0.2, 0.25) is 0 Å². The summed E-state index contributed by atoms with van der Waals surface area (Å²) in [6.45, 7) is 4.16. The standard InChI is InChI=1S/C8H13N2OS.BrH/c1-3-12-10-5-4-9(7-10)6-8(2)11;/h4-5,7H,3,6H2,1-2H3;1H/q+1;/p-1. The molecule has 1 rings (SSSR count). The number of halogens is 1. The minimum Gasteiger partial charge on any atom is -1.00 e. The highest BCUT2D eigenvalue weighted by molar-refractivity contribution is 7.97. The van der Waals surface area contributed by atoms with Crippen molar-refractivity contribution >= 4 is 17.7 Å². The lowest BCUT2D eigenvalue weighted by molar-refractivity contribution is -0.683. The molecule has 0 atom stereocenters. The molecule has 1 aromatic heterocycles. The Kier molecular flexibility index (Phi) is 6.07. The maximum absolute atomic E-state index is 10.7. The van der Waals surface area contributed by atoms with E-state index in [1.54, 1.807) is 18.9 Å². The first-order chi connectivity index (χ1) is 5.72. The Morgan fingerprint density at radius 2 is 2.31 bits per heavy atom. The van der Waals surface area contributed by atoms with Crippen molar-refractivity contribution in [2.24, 2.45) is 0 Å². The molecule has 1 heterocycles. The van der Waals surface area contributed by atoms with E-state index in [4.69, 9.17) is 0 Å². The molecule has 0 amide bonds. The largest absolute Gasteiger partial charge is 1.00 e. The van der Waals surface area contributed by atoms with Gasteiger partial charge in [0.15, 0.2) is 5.78 Å². The highest BCUT2D eigenvalue weighted by atomic mass is 79.9. The molecular weight excluding hydrogens is 252 g/mol. The lowest BCUT2D eigenvalue weighted by Gasteiger charge is -1.88. The van der Waals surface area contributed by atoms with E-state index in [-0.39, 0.29) is 22.8 Å². The van der Waals surface area contributed by atoms with Gasteiger partial charge in [0.05, 0.1) is 11.9 Å². The number of carbonyl (C=O) groups is 1. The molecule has 0 N–H and O–H groups in total. The van der Waals surface area contributed by atoms with E-state index in [0.717, 1.165) is 5.75 Å². The Bertz CT molecular complexity index is 275. The first kappa shape index (κ1) is 12.7. The molecule has 0 saturated carbocycles. The Hall–Kier alpha value is -0.290. The first-order valence-electron chi connectivity index (χ1n) is 3.92. The van der Waals surface area contributed by atoms with Crippen LogP contribution in [-0.2, 0) is 11.3 Å². The highest BCUT2D eigenvalue weighted by Gasteiger charge is 2.04. The molecule has 0 radical (unpaired) electrons. The zero-order valence-corrected chi connectivity index (χ0v) is 10.1. The van der Waals surface area contributed by atoms with Crippen LogP contribution in [0.4, 0.5) is 0 Å². The highest BCUT2D eigenvalue weighted by Crippen LogP contribution is 2.01. The van der Waals surface area contributed by atoms with Crippen LogP contribution in [0, 0.1) is 0 Å². The maximum atomic E-state index is 10.7. The van der Waals surface area contributed by atoms with E-state index in [1.165, 1.54) is 0 Å². The summed E-state index contributed by atoms with van der Waals surface area (Å²) in [7, 11) is 0. The Morgan fingerprint density at radius 1 is 1.62 bits per heavy atom. The molecule has 0 spiro atoms. The summed E-state index contributed by atoms with van der Waals surface area (Å²) < 4.78 is 3.88. The van der Waals surface area contributed by atoms with Crippen LogP contribution in [0.1, 0.15) is 13.8 Å². The van der Waals surface area contributed by atoms with Gasteiger partial charge in [-0.15, -0.1) is 0 Å². The number of Topliss-reactive ketones (excluding diaryl/α,β-unsaturated/α-hetero) is 1. The zero-order valence-electron chi connectivity index (χ0n) is 7.74. The lowest BCUT2D eigenvalue weighted by atomic mass is 10.4. The number of hydrogen-bond donors (Lipinski definition) is 0. The molecule has 3 nitrogen and oxygen atoms in total. The number of aromatic nitrogens is 2. The van der Waals surface area contributed by atoms with E-state index in [2.05, 4.69) is 6.92 Å². The zero-order chi connectivity index (χ0) is 8.97. The number of ketones is 1. The van der Waals surface area contributed by atoms with Crippen molar-refractivity contribution in [2.45, 2.75) is 20.4 Å². The van der Waals surface area contributed by atoms with Crippen LogP contribution in [0.3, 0.4) is 0 Å². The van der Waals surface area contributed by atoms with Gasteiger partial charge in [0.25, 0.3) is 6.33 Å². The summed E-state index contributed by atoms with van der Waals surface area (Å²) >= 11 is 1.71. The summed E-state index contributed by atoms with van der Waals surface area (Å²) in [6.07, 6.45) is 5.79. The molecule has 0 aromatic carbocycles. The van der Waals surface area contributed by atoms with Crippen LogP contribution in [0.5, 0.6) is 0 Å². The van der Waals surface area contributed by atoms with Crippen LogP contribution in [0.25, 0.3) is 0 Å². The average molecular weight is 265 g/mol. The normalized spacial score (nSPS) is 9.38. The van der Waals surface area contributed by atoms with E-state index >= 15 is 0 Å². The van der Waals surface area contributed by atoms with E-state index < -0.39 is 0 Å². The Morgan fingerprint density at radius 3 is 2.85 bits per heavy atom. The average Bonchev–Trinajstić information content (AvgIpc) is 2.36. The van der Waals surface area contributed by atoms with Crippen molar-refractivity contribution in [3.8, 4) is 0 Å². The van der Waals surface area contributed by atoms with Crippen LogP contribution in [-0.4, -0.2) is 15.5 Å². The molecule has 0 aliphatic heterocycles. The SMILES string of the molecule is CCSn1cc[n+](CC(C)=O)c1.[Br-]. The van der Waals surface area contributed by atoms with Crippen LogP contribution < -0.4 is 21.5 Å². The third kappa shape index (κ3) is 4.47. The fourth-order valence-electron chi connectivity index (χ4n) is 0.951. The molecule has 0 aliphatic rings. The van der Waals surface area contributed by atoms with Gasteiger partial charge in [-0.2, -0.15) is 3.97 Å².